The Kier molecular flexibility index (Phi) is 4.20. The van der Waals surface area contributed by atoms with Gasteiger partial charge in [0.2, 0.25) is 5.91 Å². The Bertz CT molecular complexity index is 515. The van der Waals surface area contributed by atoms with E-state index in [0.717, 1.165) is 45.3 Å². The molecule has 2 aliphatic heterocycles. The molecule has 0 unspecified atom stereocenters. The van der Waals surface area contributed by atoms with Gasteiger partial charge in [-0.15, -0.1) is 0 Å². The van der Waals surface area contributed by atoms with Crippen LogP contribution in [-0.2, 0) is 16.1 Å². The SMILES string of the molecule is O=C(NC1CC1)[C@@H]1CO[C@@H]2CCN(Cc3ccsc3)C[C@@H]2C1. The summed E-state index contributed by atoms with van der Waals surface area (Å²) in [5.74, 6) is 0.787. The van der Waals surface area contributed by atoms with E-state index in [9.17, 15) is 4.79 Å². The summed E-state index contributed by atoms with van der Waals surface area (Å²) < 4.78 is 6.02. The lowest BCUT2D eigenvalue weighted by Gasteiger charge is -2.43. The average molecular weight is 320 g/mol. The minimum Gasteiger partial charge on any atom is -0.377 e. The molecule has 1 N–H and O–H groups in total. The zero-order valence-electron chi connectivity index (χ0n) is 12.9. The lowest BCUT2D eigenvalue weighted by molar-refractivity contribution is -0.139. The van der Waals surface area contributed by atoms with Gasteiger partial charge in [-0.3, -0.25) is 9.69 Å². The van der Waals surface area contributed by atoms with Crippen molar-refractivity contribution in [2.24, 2.45) is 11.8 Å². The Labute approximate surface area is 135 Å². The molecule has 4 nitrogen and oxygen atoms in total. The van der Waals surface area contributed by atoms with Crippen LogP contribution in [0.1, 0.15) is 31.2 Å². The number of ether oxygens (including phenoxy) is 1. The molecule has 22 heavy (non-hydrogen) atoms. The average Bonchev–Trinajstić information content (AvgIpc) is 3.20. The van der Waals surface area contributed by atoms with Gasteiger partial charge >= 0.3 is 0 Å². The number of nitrogens with zero attached hydrogens (tertiary/aromatic N) is 1. The van der Waals surface area contributed by atoms with Crippen LogP contribution >= 0.6 is 11.3 Å². The molecule has 1 aromatic heterocycles. The van der Waals surface area contributed by atoms with E-state index < -0.39 is 0 Å². The van der Waals surface area contributed by atoms with Crippen LogP contribution in [0.4, 0.5) is 0 Å². The van der Waals surface area contributed by atoms with Crippen LogP contribution in [0.15, 0.2) is 16.8 Å². The molecule has 5 heteroatoms. The summed E-state index contributed by atoms with van der Waals surface area (Å²) in [5.41, 5.74) is 1.41. The number of hydrogen-bond donors (Lipinski definition) is 1. The van der Waals surface area contributed by atoms with Crippen molar-refractivity contribution in [3.05, 3.63) is 22.4 Å². The third-order valence-corrected chi connectivity index (χ3v) is 5.86. The normalized spacial score (nSPS) is 32.5. The number of amides is 1. The van der Waals surface area contributed by atoms with Crippen LogP contribution in [0.3, 0.4) is 0 Å². The molecular weight excluding hydrogens is 296 g/mol. The molecule has 1 aliphatic carbocycles. The Morgan fingerprint density at radius 1 is 1.41 bits per heavy atom. The molecule has 0 radical (unpaired) electrons. The van der Waals surface area contributed by atoms with Crippen molar-refractivity contribution < 1.29 is 9.53 Å². The molecular formula is C17H24N2O2S. The van der Waals surface area contributed by atoms with E-state index in [1.807, 2.05) is 0 Å². The maximum absolute atomic E-state index is 12.3. The molecule has 1 aromatic rings. The maximum atomic E-state index is 12.3. The van der Waals surface area contributed by atoms with Gasteiger partial charge in [-0.1, -0.05) is 0 Å². The molecule has 0 aromatic carbocycles. The van der Waals surface area contributed by atoms with Gasteiger partial charge in [0, 0.05) is 25.7 Å². The van der Waals surface area contributed by atoms with E-state index in [4.69, 9.17) is 4.74 Å². The van der Waals surface area contributed by atoms with Gasteiger partial charge in [0.25, 0.3) is 0 Å². The number of hydrogen-bond acceptors (Lipinski definition) is 4. The van der Waals surface area contributed by atoms with E-state index in [0.29, 0.717) is 24.7 Å². The smallest absolute Gasteiger partial charge is 0.225 e. The second-order valence-corrected chi connectivity index (χ2v) is 7.78. The van der Waals surface area contributed by atoms with Crippen LogP contribution in [0.2, 0.25) is 0 Å². The Morgan fingerprint density at radius 2 is 2.32 bits per heavy atom. The summed E-state index contributed by atoms with van der Waals surface area (Å²) in [6, 6.07) is 2.66. The molecule has 120 valence electrons. The van der Waals surface area contributed by atoms with Gasteiger partial charge in [0.15, 0.2) is 0 Å². The summed E-state index contributed by atoms with van der Waals surface area (Å²) in [6.45, 7) is 3.82. The van der Waals surface area contributed by atoms with E-state index in [-0.39, 0.29) is 11.8 Å². The number of rotatable bonds is 4. The zero-order chi connectivity index (χ0) is 14.9. The molecule has 4 rings (SSSR count). The topological polar surface area (TPSA) is 41.6 Å². The van der Waals surface area contributed by atoms with Gasteiger partial charge < -0.3 is 10.1 Å². The molecule has 3 fully saturated rings. The largest absolute Gasteiger partial charge is 0.377 e. The third kappa shape index (κ3) is 3.36. The van der Waals surface area contributed by atoms with Crippen molar-refractivity contribution >= 4 is 17.2 Å². The molecule has 2 saturated heterocycles. The summed E-state index contributed by atoms with van der Waals surface area (Å²) in [4.78, 5) is 14.8. The summed E-state index contributed by atoms with van der Waals surface area (Å²) in [6.07, 6.45) is 4.76. The van der Waals surface area contributed by atoms with E-state index >= 15 is 0 Å². The Hall–Kier alpha value is -0.910. The predicted octanol–water partition coefficient (Wildman–Crippen LogP) is 2.25. The van der Waals surface area contributed by atoms with Crippen molar-refractivity contribution in [2.45, 2.75) is 44.4 Å². The predicted molar refractivity (Wildman–Crippen MR) is 86.7 cm³/mol. The Balaban J connectivity index is 1.33. The van der Waals surface area contributed by atoms with Crippen LogP contribution in [0.5, 0.6) is 0 Å². The highest BCUT2D eigenvalue weighted by atomic mass is 32.1. The number of carbonyl (C=O) groups is 1. The summed E-state index contributed by atoms with van der Waals surface area (Å²) in [7, 11) is 0. The van der Waals surface area contributed by atoms with Crippen LogP contribution in [-0.4, -0.2) is 42.6 Å². The second kappa shape index (κ2) is 6.30. The monoisotopic (exact) mass is 320 g/mol. The molecule has 3 aliphatic rings. The van der Waals surface area contributed by atoms with Crippen molar-refractivity contribution in [3.8, 4) is 0 Å². The van der Waals surface area contributed by atoms with Gasteiger partial charge in [-0.25, -0.2) is 0 Å². The van der Waals surface area contributed by atoms with Gasteiger partial charge in [0.05, 0.1) is 18.6 Å². The molecule has 0 bridgehead atoms. The summed E-state index contributed by atoms with van der Waals surface area (Å²) >= 11 is 1.76. The Morgan fingerprint density at radius 3 is 3.09 bits per heavy atom. The van der Waals surface area contributed by atoms with Crippen molar-refractivity contribution in [1.82, 2.24) is 10.2 Å². The lowest BCUT2D eigenvalue weighted by atomic mass is 9.83. The van der Waals surface area contributed by atoms with Gasteiger partial charge in [0.1, 0.15) is 0 Å². The number of nitrogens with one attached hydrogen (secondary N) is 1. The molecule has 3 atom stereocenters. The highest BCUT2D eigenvalue weighted by Gasteiger charge is 2.39. The minimum absolute atomic E-state index is 0.0583. The fourth-order valence-corrected chi connectivity index (χ4v) is 4.38. The first-order valence-corrected chi connectivity index (χ1v) is 9.37. The van der Waals surface area contributed by atoms with Crippen molar-refractivity contribution in [2.75, 3.05) is 19.7 Å². The molecule has 0 spiro atoms. The number of thiophene rings is 1. The summed E-state index contributed by atoms with van der Waals surface area (Å²) in [5, 5.41) is 7.51. The lowest BCUT2D eigenvalue weighted by Crippen LogP contribution is -2.50. The van der Waals surface area contributed by atoms with Crippen LogP contribution in [0, 0.1) is 11.8 Å². The standard InChI is InChI=1S/C17H24N2O2S/c20-17(18-15-1-2-15)14-7-13-9-19(5-3-16(13)21-10-14)8-12-4-6-22-11-12/h4,6,11,13-16H,1-3,5,7-10H2,(H,18,20)/t13-,14-,16+/m0/s1. The van der Waals surface area contributed by atoms with E-state index in [1.165, 1.54) is 5.56 Å². The number of fused-ring (bicyclic) bond motifs is 1. The molecule has 1 saturated carbocycles. The van der Waals surface area contributed by atoms with Gasteiger partial charge in [-0.05, 0) is 54.0 Å². The minimum atomic E-state index is 0.0583. The van der Waals surface area contributed by atoms with Crippen molar-refractivity contribution in [1.29, 1.82) is 0 Å². The number of likely N-dealkylation sites (tertiary alicyclic amines) is 1. The fourth-order valence-electron chi connectivity index (χ4n) is 3.72. The fraction of sp³-hybridized carbons (Fsp3) is 0.706. The first kappa shape index (κ1) is 14.7. The first-order valence-electron chi connectivity index (χ1n) is 8.43. The number of carbonyl (C=O) groups excluding carboxylic acids is 1. The van der Waals surface area contributed by atoms with E-state index in [1.54, 1.807) is 11.3 Å². The van der Waals surface area contributed by atoms with Crippen molar-refractivity contribution in [3.63, 3.8) is 0 Å². The maximum Gasteiger partial charge on any atom is 0.225 e. The molecule has 3 heterocycles. The quantitative estimate of drug-likeness (QED) is 0.925. The zero-order valence-corrected chi connectivity index (χ0v) is 13.7. The van der Waals surface area contributed by atoms with E-state index in [2.05, 4.69) is 27.0 Å². The van der Waals surface area contributed by atoms with Crippen LogP contribution in [0.25, 0.3) is 0 Å². The second-order valence-electron chi connectivity index (χ2n) is 7.00. The highest BCUT2D eigenvalue weighted by molar-refractivity contribution is 7.07. The van der Waals surface area contributed by atoms with Gasteiger partial charge in [-0.2, -0.15) is 11.3 Å². The third-order valence-electron chi connectivity index (χ3n) is 5.13. The highest BCUT2D eigenvalue weighted by Crippen LogP contribution is 2.32. The first-order chi connectivity index (χ1) is 10.8. The number of piperidine rings is 1. The van der Waals surface area contributed by atoms with Crippen LogP contribution < -0.4 is 5.32 Å². The molecule has 1 amide bonds.